The maximum atomic E-state index is 10.9. The fraction of sp³-hybridized carbons (Fsp3) is 0.111. The molecule has 2 heterocycles. The largest absolute Gasteiger partial charge is 0.472 e. The predicted octanol–water partition coefficient (Wildman–Crippen LogP) is 1.55. The molecular weight excluding hydrogens is 200 g/mol. The lowest BCUT2D eigenvalue weighted by Gasteiger charge is -2.02. The van der Waals surface area contributed by atoms with Crippen molar-refractivity contribution in [3.63, 3.8) is 0 Å². The molecule has 2 rings (SSSR count). The highest BCUT2D eigenvalue weighted by molar-refractivity contribution is 7.71. The van der Waals surface area contributed by atoms with Crippen molar-refractivity contribution in [1.29, 1.82) is 0 Å². The van der Waals surface area contributed by atoms with Crippen molar-refractivity contribution in [2.75, 3.05) is 0 Å². The van der Waals surface area contributed by atoms with Gasteiger partial charge in [0.05, 0.1) is 19.1 Å². The van der Waals surface area contributed by atoms with E-state index in [0.29, 0.717) is 11.3 Å². The van der Waals surface area contributed by atoms with Crippen molar-refractivity contribution < 1.29 is 4.42 Å². The van der Waals surface area contributed by atoms with Crippen LogP contribution in [0.15, 0.2) is 40.1 Å². The van der Waals surface area contributed by atoms with E-state index in [2.05, 4.69) is 4.98 Å². The Balaban J connectivity index is 2.35. The Labute approximate surface area is 84.8 Å². The molecule has 2 aromatic heterocycles. The second-order valence-corrected chi connectivity index (χ2v) is 3.26. The number of nitrogens with one attached hydrogen (secondary N) is 1. The quantitative estimate of drug-likeness (QED) is 0.762. The van der Waals surface area contributed by atoms with Crippen LogP contribution in [0.4, 0.5) is 0 Å². The van der Waals surface area contributed by atoms with Crippen molar-refractivity contribution in [3.05, 3.63) is 51.5 Å². The first-order chi connectivity index (χ1) is 6.75. The van der Waals surface area contributed by atoms with E-state index < -0.39 is 0 Å². The highest BCUT2D eigenvalue weighted by atomic mass is 32.1. The van der Waals surface area contributed by atoms with Gasteiger partial charge in [-0.2, -0.15) is 0 Å². The SMILES string of the molecule is O=c1ccn(Cc2ccoc2)c(=S)[nH]1. The first kappa shape index (κ1) is 8.96. The highest BCUT2D eigenvalue weighted by Gasteiger charge is 1.96. The third-order valence-electron chi connectivity index (χ3n) is 1.83. The number of hydrogen-bond acceptors (Lipinski definition) is 3. The fourth-order valence-electron chi connectivity index (χ4n) is 1.15. The van der Waals surface area contributed by atoms with Crippen LogP contribution in [-0.4, -0.2) is 9.55 Å². The Hall–Kier alpha value is -1.62. The maximum Gasteiger partial charge on any atom is 0.251 e. The summed E-state index contributed by atoms with van der Waals surface area (Å²) in [6.07, 6.45) is 4.91. The Morgan fingerprint density at radius 2 is 2.36 bits per heavy atom. The Bertz CT molecular complexity index is 524. The van der Waals surface area contributed by atoms with Gasteiger partial charge in [0.1, 0.15) is 0 Å². The topological polar surface area (TPSA) is 50.9 Å². The van der Waals surface area contributed by atoms with Gasteiger partial charge in [-0.1, -0.05) is 0 Å². The van der Waals surface area contributed by atoms with Crippen molar-refractivity contribution >= 4 is 12.2 Å². The molecule has 72 valence electrons. The molecule has 14 heavy (non-hydrogen) atoms. The van der Waals surface area contributed by atoms with Crippen LogP contribution in [0.1, 0.15) is 5.56 Å². The zero-order valence-corrected chi connectivity index (χ0v) is 8.08. The molecular formula is C9H8N2O2S. The molecule has 0 saturated carbocycles. The van der Waals surface area contributed by atoms with Crippen LogP contribution in [-0.2, 0) is 6.54 Å². The molecule has 0 radical (unpaired) electrons. The van der Waals surface area contributed by atoms with Crippen molar-refractivity contribution in [3.8, 4) is 0 Å². The number of rotatable bonds is 2. The standard InChI is InChI=1S/C9H8N2O2S/c12-8-1-3-11(9(14)10-8)5-7-2-4-13-6-7/h1-4,6H,5H2,(H,10,12,14). The van der Waals surface area contributed by atoms with Gasteiger partial charge in [0.25, 0.3) is 5.56 Å². The Morgan fingerprint density at radius 3 is 3.00 bits per heavy atom. The molecule has 0 aliphatic carbocycles. The van der Waals surface area contributed by atoms with Gasteiger partial charge in [0, 0.05) is 17.8 Å². The number of nitrogens with zero attached hydrogens (tertiary/aromatic N) is 1. The number of H-pyrrole nitrogens is 1. The summed E-state index contributed by atoms with van der Waals surface area (Å²) < 4.78 is 7.11. The maximum absolute atomic E-state index is 10.9. The fourth-order valence-corrected chi connectivity index (χ4v) is 1.37. The van der Waals surface area contributed by atoms with Crippen LogP contribution < -0.4 is 5.56 Å². The van der Waals surface area contributed by atoms with Crippen LogP contribution in [0.25, 0.3) is 0 Å². The molecule has 1 N–H and O–H groups in total. The van der Waals surface area contributed by atoms with Gasteiger partial charge in [0.2, 0.25) is 0 Å². The van der Waals surface area contributed by atoms with Gasteiger partial charge in [-0.3, -0.25) is 9.78 Å². The van der Waals surface area contributed by atoms with Gasteiger partial charge in [-0.15, -0.1) is 0 Å². The summed E-state index contributed by atoms with van der Waals surface area (Å²) in [5.74, 6) is 0. The van der Waals surface area contributed by atoms with Gasteiger partial charge in [-0.05, 0) is 18.3 Å². The van der Waals surface area contributed by atoms with E-state index in [0.717, 1.165) is 5.56 Å². The smallest absolute Gasteiger partial charge is 0.251 e. The summed E-state index contributed by atoms with van der Waals surface area (Å²) in [7, 11) is 0. The van der Waals surface area contributed by atoms with E-state index >= 15 is 0 Å². The second kappa shape index (κ2) is 3.63. The van der Waals surface area contributed by atoms with E-state index in [-0.39, 0.29) is 5.56 Å². The van der Waals surface area contributed by atoms with E-state index in [1.54, 1.807) is 23.3 Å². The molecule has 0 unspecified atom stereocenters. The van der Waals surface area contributed by atoms with Crippen LogP contribution in [0.3, 0.4) is 0 Å². The Morgan fingerprint density at radius 1 is 1.50 bits per heavy atom. The lowest BCUT2D eigenvalue weighted by Crippen LogP contribution is -2.11. The van der Waals surface area contributed by atoms with Crippen molar-refractivity contribution in [2.45, 2.75) is 6.54 Å². The van der Waals surface area contributed by atoms with E-state index in [4.69, 9.17) is 16.6 Å². The monoisotopic (exact) mass is 208 g/mol. The third kappa shape index (κ3) is 1.82. The Kier molecular flexibility index (Phi) is 2.32. The zero-order chi connectivity index (χ0) is 9.97. The van der Waals surface area contributed by atoms with E-state index in [9.17, 15) is 4.79 Å². The normalized spacial score (nSPS) is 10.3. The van der Waals surface area contributed by atoms with Crippen LogP contribution in [0.2, 0.25) is 0 Å². The minimum Gasteiger partial charge on any atom is -0.472 e. The number of furan rings is 1. The number of aromatic nitrogens is 2. The van der Waals surface area contributed by atoms with Crippen LogP contribution >= 0.6 is 12.2 Å². The summed E-state index contributed by atoms with van der Waals surface area (Å²) >= 11 is 4.99. The molecule has 4 nitrogen and oxygen atoms in total. The molecule has 0 amide bonds. The van der Waals surface area contributed by atoms with E-state index in [1.165, 1.54) is 6.07 Å². The summed E-state index contributed by atoms with van der Waals surface area (Å²) in [6.45, 7) is 0.603. The molecule has 0 aliphatic rings. The van der Waals surface area contributed by atoms with Crippen LogP contribution in [0, 0.1) is 4.77 Å². The predicted molar refractivity (Wildman–Crippen MR) is 53.7 cm³/mol. The highest BCUT2D eigenvalue weighted by Crippen LogP contribution is 2.02. The first-order valence-corrected chi connectivity index (χ1v) is 4.47. The molecule has 0 saturated heterocycles. The molecule has 2 aromatic rings. The number of hydrogen-bond donors (Lipinski definition) is 1. The van der Waals surface area contributed by atoms with E-state index in [1.807, 2.05) is 6.07 Å². The molecule has 0 fully saturated rings. The minimum atomic E-state index is -0.182. The summed E-state index contributed by atoms with van der Waals surface area (Å²) in [6, 6.07) is 3.29. The minimum absolute atomic E-state index is 0.182. The second-order valence-electron chi connectivity index (χ2n) is 2.87. The van der Waals surface area contributed by atoms with Gasteiger partial charge >= 0.3 is 0 Å². The molecule has 5 heteroatoms. The molecule has 0 atom stereocenters. The first-order valence-electron chi connectivity index (χ1n) is 4.06. The molecule has 0 aromatic carbocycles. The summed E-state index contributed by atoms with van der Waals surface area (Å²) in [5.41, 5.74) is 0.826. The lowest BCUT2D eigenvalue weighted by atomic mass is 10.3. The summed E-state index contributed by atoms with van der Waals surface area (Å²) in [5, 5.41) is 0. The molecule has 0 bridgehead atoms. The zero-order valence-electron chi connectivity index (χ0n) is 7.27. The average Bonchev–Trinajstić information content (AvgIpc) is 2.62. The lowest BCUT2D eigenvalue weighted by molar-refractivity contribution is 0.561. The third-order valence-corrected chi connectivity index (χ3v) is 2.17. The van der Waals surface area contributed by atoms with Gasteiger partial charge in [-0.25, -0.2) is 0 Å². The van der Waals surface area contributed by atoms with Crippen molar-refractivity contribution in [1.82, 2.24) is 9.55 Å². The van der Waals surface area contributed by atoms with Gasteiger partial charge in [0.15, 0.2) is 4.77 Å². The number of aromatic amines is 1. The van der Waals surface area contributed by atoms with Gasteiger partial charge < -0.3 is 8.98 Å². The summed E-state index contributed by atoms with van der Waals surface area (Å²) in [4.78, 5) is 13.4. The average molecular weight is 208 g/mol. The van der Waals surface area contributed by atoms with Crippen molar-refractivity contribution in [2.24, 2.45) is 0 Å². The molecule has 0 spiro atoms. The molecule has 0 aliphatic heterocycles. The van der Waals surface area contributed by atoms with Crippen LogP contribution in [0.5, 0.6) is 0 Å².